The minimum atomic E-state index is 0.403. The van der Waals surface area contributed by atoms with E-state index >= 15 is 0 Å². The third-order valence-electron chi connectivity index (χ3n) is 3.46. The monoisotopic (exact) mass is 273 g/mol. The normalized spacial score (nSPS) is 12.8. The van der Waals surface area contributed by atoms with Crippen molar-refractivity contribution >= 4 is 0 Å². The molecule has 0 aliphatic rings. The van der Waals surface area contributed by atoms with Crippen molar-refractivity contribution in [3.63, 3.8) is 0 Å². The molecule has 0 radical (unpaired) electrons. The summed E-state index contributed by atoms with van der Waals surface area (Å²) >= 11 is 0. The Morgan fingerprint density at radius 3 is 2.65 bits per heavy atom. The highest BCUT2D eigenvalue weighted by Crippen LogP contribution is 2.21. The highest BCUT2D eigenvalue weighted by molar-refractivity contribution is 5.58. The Balaban J connectivity index is 2.11. The van der Waals surface area contributed by atoms with Crippen LogP contribution >= 0.6 is 0 Å². The molecule has 0 saturated carbocycles. The van der Waals surface area contributed by atoms with Crippen LogP contribution < -0.4 is 5.73 Å². The first-order chi connectivity index (χ1) is 9.60. The molecule has 0 amide bonds. The summed E-state index contributed by atoms with van der Waals surface area (Å²) in [7, 11) is 0. The molecule has 4 nitrogen and oxygen atoms in total. The zero-order valence-corrected chi connectivity index (χ0v) is 12.5. The van der Waals surface area contributed by atoms with Crippen molar-refractivity contribution in [2.75, 3.05) is 6.54 Å². The van der Waals surface area contributed by atoms with E-state index in [2.05, 4.69) is 24.0 Å². The zero-order valence-electron chi connectivity index (χ0n) is 12.5. The minimum absolute atomic E-state index is 0.403. The first-order valence-electron chi connectivity index (χ1n) is 7.18. The smallest absolute Gasteiger partial charge is 0.227 e. The molecule has 1 aromatic carbocycles. The fourth-order valence-electron chi connectivity index (χ4n) is 2.45. The van der Waals surface area contributed by atoms with Crippen molar-refractivity contribution in [2.24, 2.45) is 17.6 Å². The maximum Gasteiger partial charge on any atom is 0.227 e. The third-order valence-corrected chi connectivity index (χ3v) is 3.46. The van der Waals surface area contributed by atoms with E-state index in [-0.39, 0.29) is 0 Å². The quantitative estimate of drug-likeness (QED) is 0.877. The van der Waals surface area contributed by atoms with Crippen LogP contribution in [0.2, 0.25) is 0 Å². The Labute approximate surface area is 120 Å². The lowest BCUT2D eigenvalue weighted by Gasteiger charge is -2.14. The SMILES string of the molecule is Cc1ccccc1-c1noc(C[C@@H](CN)CC(C)C)n1. The van der Waals surface area contributed by atoms with E-state index in [9.17, 15) is 0 Å². The molecule has 0 aliphatic heterocycles. The molecule has 108 valence electrons. The van der Waals surface area contributed by atoms with Crippen molar-refractivity contribution in [1.82, 2.24) is 10.1 Å². The lowest BCUT2D eigenvalue weighted by Crippen LogP contribution is -2.19. The molecule has 0 bridgehead atoms. The second-order valence-corrected chi connectivity index (χ2v) is 5.76. The number of hydrogen-bond acceptors (Lipinski definition) is 4. The fourth-order valence-corrected chi connectivity index (χ4v) is 2.45. The van der Waals surface area contributed by atoms with Crippen LogP contribution in [0.1, 0.15) is 31.7 Å². The Morgan fingerprint density at radius 1 is 1.25 bits per heavy atom. The number of aromatic nitrogens is 2. The number of nitrogens with zero attached hydrogens (tertiary/aromatic N) is 2. The molecular formula is C16H23N3O. The van der Waals surface area contributed by atoms with Gasteiger partial charge in [0.25, 0.3) is 0 Å². The van der Waals surface area contributed by atoms with Crippen molar-refractivity contribution < 1.29 is 4.52 Å². The Morgan fingerprint density at radius 2 is 2.00 bits per heavy atom. The molecule has 2 aromatic rings. The van der Waals surface area contributed by atoms with Crippen LogP contribution in [0.5, 0.6) is 0 Å². The van der Waals surface area contributed by atoms with Crippen LogP contribution in [0.4, 0.5) is 0 Å². The van der Waals surface area contributed by atoms with Gasteiger partial charge in [-0.1, -0.05) is 43.3 Å². The van der Waals surface area contributed by atoms with Crippen LogP contribution in [0.15, 0.2) is 28.8 Å². The van der Waals surface area contributed by atoms with Crippen molar-refractivity contribution in [1.29, 1.82) is 0 Å². The average Bonchev–Trinajstić information content (AvgIpc) is 2.86. The summed E-state index contributed by atoms with van der Waals surface area (Å²) in [6.45, 7) is 7.11. The van der Waals surface area contributed by atoms with Gasteiger partial charge in [0.05, 0.1) is 0 Å². The third kappa shape index (κ3) is 3.67. The van der Waals surface area contributed by atoms with E-state index in [0.29, 0.717) is 30.1 Å². The standard InChI is InChI=1S/C16H23N3O/c1-11(2)8-13(10-17)9-15-18-16(19-20-15)14-7-5-4-6-12(14)3/h4-7,11,13H,8-10,17H2,1-3H3/t13-/m0/s1. The Kier molecular flexibility index (Phi) is 4.90. The summed E-state index contributed by atoms with van der Waals surface area (Å²) in [5, 5.41) is 4.09. The van der Waals surface area contributed by atoms with Gasteiger partial charge in [0.15, 0.2) is 0 Å². The van der Waals surface area contributed by atoms with Gasteiger partial charge in [-0.2, -0.15) is 4.98 Å². The van der Waals surface area contributed by atoms with Crippen LogP contribution in [-0.4, -0.2) is 16.7 Å². The number of rotatable bonds is 6. The molecule has 1 heterocycles. The number of benzene rings is 1. The predicted octanol–water partition coefficient (Wildman–Crippen LogP) is 3.21. The highest BCUT2D eigenvalue weighted by Gasteiger charge is 2.16. The van der Waals surface area contributed by atoms with Gasteiger partial charge in [-0.15, -0.1) is 0 Å². The van der Waals surface area contributed by atoms with E-state index < -0.39 is 0 Å². The summed E-state index contributed by atoms with van der Waals surface area (Å²) in [5.74, 6) is 2.38. The first kappa shape index (κ1) is 14.7. The highest BCUT2D eigenvalue weighted by atomic mass is 16.5. The summed E-state index contributed by atoms with van der Waals surface area (Å²) in [6, 6.07) is 8.05. The molecule has 0 unspecified atom stereocenters. The molecule has 0 spiro atoms. The van der Waals surface area contributed by atoms with Gasteiger partial charge in [0.1, 0.15) is 0 Å². The number of aryl methyl sites for hydroxylation is 1. The molecule has 2 rings (SSSR count). The van der Waals surface area contributed by atoms with Crippen molar-refractivity contribution in [3.05, 3.63) is 35.7 Å². The summed E-state index contributed by atoms with van der Waals surface area (Å²) in [6.07, 6.45) is 1.84. The van der Waals surface area contributed by atoms with Crippen molar-refractivity contribution in [2.45, 2.75) is 33.6 Å². The number of hydrogen-bond donors (Lipinski definition) is 1. The largest absolute Gasteiger partial charge is 0.339 e. The maximum absolute atomic E-state index is 5.82. The van der Waals surface area contributed by atoms with Gasteiger partial charge in [-0.05, 0) is 37.3 Å². The van der Waals surface area contributed by atoms with Crippen LogP contribution in [0.25, 0.3) is 11.4 Å². The van der Waals surface area contributed by atoms with Gasteiger partial charge < -0.3 is 10.3 Å². The van der Waals surface area contributed by atoms with Gasteiger partial charge >= 0.3 is 0 Å². The second kappa shape index (κ2) is 6.66. The van der Waals surface area contributed by atoms with Crippen LogP contribution in [0, 0.1) is 18.8 Å². The van der Waals surface area contributed by atoms with E-state index in [1.807, 2.05) is 31.2 Å². The molecule has 0 aliphatic carbocycles. The molecule has 1 atom stereocenters. The zero-order chi connectivity index (χ0) is 14.5. The molecule has 0 fully saturated rings. The van der Waals surface area contributed by atoms with E-state index in [1.54, 1.807) is 0 Å². The molecule has 20 heavy (non-hydrogen) atoms. The average molecular weight is 273 g/mol. The second-order valence-electron chi connectivity index (χ2n) is 5.76. The van der Waals surface area contributed by atoms with Crippen molar-refractivity contribution in [3.8, 4) is 11.4 Å². The fraction of sp³-hybridized carbons (Fsp3) is 0.500. The topological polar surface area (TPSA) is 64.9 Å². The summed E-state index contributed by atoms with van der Waals surface area (Å²) in [4.78, 5) is 4.50. The summed E-state index contributed by atoms with van der Waals surface area (Å²) in [5.41, 5.74) is 8.00. The predicted molar refractivity (Wildman–Crippen MR) is 80.2 cm³/mol. The van der Waals surface area contributed by atoms with E-state index in [1.165, 1.54) is 0 Å². The number of nitrogens with two attached hydrogens (primary N) is 1. The van der Waals surface area contributed by atoms with E-state index in [4.69, 9.17) is 10.3 Å². The van der Waals surface area contributed by atoms with Gasteiger partial charge in [0, 0.05) is 12.0 Å². The molecule has 2 N–H and O–H groups in total. The van der Waals surface area contributed by atoms with Crippen LogP contribution in [0.3, 0.4) is 0 Å². The molecule has 1 aromatic heterocycles. The maximum atomic E-state index is 5.82. The van der Waals surface area contributed by atoms with Gasteiger partial charge in [-0.3, -0.25) is 0 Å². The Bertz CT molecular complexity index is 548. The lowest BCUT2D eigenvalue weighted by molar-refractivity contribution is 0.332. The molecule has 4 heteroatoms. The van der Waals surface area contributed by atoms with E-state index in [0.717, 1.165) is 24.0 Å². The van der Waals surface area contributed by atoms with Crippen LogP contribution in [-0.2, 0) is 6.42 Å². The minimum Gasteiger partial charge on any atom is -0.339 e. The lowest BCUT2D eigenvalue weighted by atomic mass is 9.94. The first-order valence-corrected chi connectivity index (χ1v) is 7.18. The molecule has 0 saturated heterocycles. The van der Waals surface area contributed by atoms with Gasteiger partial charge in [-0.25, -0.2) is 0 Å². The van der Waals surface area contributed by atoms with Gasteiger partial charge in [0.2, 0.25) is 11.7 Å². The summed E-state index contributed by atoms with van der Waals surface area (Å²) < 4.78 is 5.37. The molecular weight excluding hydrogens is 250 g/mol. The Hall–Kier alpha value is -1.68.